The second-order valence-electron chi connectivity index (χ2n) is 5.23. The molecule has 0 atom stereocenters. The number of carboxylic acid groups (broad SMARTS) is 1. The number of carboxylic acids is 1. The third kappa shape index (κ3) is 5.95. The van der Waals surface area contributed by atoms with Crippen molar-refractivity contribution >= 4 is 40.2 Å². The number of nitrogens with zero attached hydrogens (tertiary/aromatic N) is 2. The summed E-state index contributed by atoms with van der Waals surface area (Å²) in [6.45, 7) is 2.62. The third-order valence-electron chi connectivity index (χ3n) is 3.38. The Morgan fingerprint density at radius 3 is 2.00 bits per heavy atom. The molecular weight excluding hydrogens is 392 g/mol. The number of hydrogen-bond acceptors (Lipinski definition) is 10. The fraction of sp³-hybridized carbons (Fsp3) is 0.471. The molecule has 0 unspecified atom stereocenters. The predicted octanol–water partition coefficient (Wildman–Crippen LogP) is 0.966. The Bertz CT molecular complexity index is 776. The highest BCUT2D eigenvalue weighted by molar-refractivity contribution is 7.18. The van der Waals surface area contributed by atoms with Crippen LogP contribution in [-0.2, 0) is 35.0 Å². The molecule has 1 N–H and O–H groups in total. The van der Waals surface area contributed by atoms with Gasteiger partial charge < -0.3 is 24.2 Å². The van der Waals surface area contributed by atoms with Crippen molar-refractivity contribution in [3.8, 4) is 6.07 Å². The molecule has 0 saturated heterocycles. The quantitative estimate of drug-likeness (QED) is 0.436. The molecule has 0 fully saturated rings. The molecule has 1 aromatic heterocycles. The van der Waals surface area contributed by atoms with Crippen LogP contribution in [0.4, 0.5) is 5.00 Å². The molecule has 0 aromatic carbocycles. The number of thiophene rings is 1. The third-order valence-corrected chi connectivity index (χ3v) is 4.66. The predicted molar refractivity (Wildman–Crippen MR) is 97.2 cm³/mol. The van der Waals surface area contributed by atoms with Crippen LogP contribution in [0.1, 0.15) is 34.6 Å². The number of ether oxygens (including phenoxy) is 3. The number of anilines is 1. The van der Waals surface area contributed by atoms with Crippen LogP contribution in [-0.4, -0.2) is 62.4 Å². The van der Waals surface area contributed by atoms with E-state index in [-0.39, 0.29) is 34.2 Å². The normalized spacial score (nSPS) is 9.93. The Kier molecular flexibility index (Phi) is 8.90. The van der Waals surface area contributed by atoms with Crippen molar-refractivity contribution in [3.05, 3.63) is 16.0 Å². The van der Waals surface area contributed by atoms with Gasteiger partial charge in [-0.15, -0.1) is 11.3 Å². The summed E-state index contributed by atoms with van der Waals surface area (Å²) in [5.41, 5.74) is -0.166. The van der Waals surface area contributed by atoms with E-state index in [4.69, 9.17) is 9.47 Å². The Labute approximate surface area is 165 Å². The number of aromatic carboxylic acids is 1. The van der Waals surface area contributed by atoms with Gasteiger partial charge in [-0.1, -0.05) is 0 Å². The molecule has 0 radical (unpaired) electrons. The minimum Gasteiger partial charge on any atom is -0.477 e. The zero-order valence-electron chi connectivity index (χ0n) is 15.6. The van der Waals surface area contributed by atoms with Gasteiger partial charge in [-0.25, -0.2) is 4.79 Å². The fourth-order valence-electron chi connectivity index (χ4n) is 2.27. The van der Waals surface area contributed by atoms with E-state index < -0.39 is 43.4 Å². The van der Waals surface area contributed by atoms with E-state index in [1.54, 1.807) is 13.8 Å². The number of nitriles is 1. The van der Waals surface area contributed by atoms with Crippen LogP contribution in [0.15, 0.2) is 0 Å². The molecule has 0 bridgehead atoms. The molecule has 152 valence electrons. The first kappa shape index (κ1) is 22.9. The van der Waals surface area contributed by atoms with Gasteiger partial charge in [0.15, 0.2) is 0 Å². The highest BCUT2D eigenvalue weighted by Gasteiger charge is 2.29. The van der Waals surface area contributed by atoms with Crippen LogP contribution in [0, 0.1) is 11.3 Å². The van der Waals surface area contributed by atoms with Crippen LogP contribution < -0.4 is 4.90 Å². The van der Waals surface area contributed by atoms with Crippen LogP contribution in [0.25, 0.3) is 0 Å². The van der Waals surface area contributed by atoms with E-state index in [1.165, 1.54) is 4.90 Å². The smallest absolute Gasteiger partial charge is 0.346 e. The lowest BCUT2D eigenvalue weighted by molar-refractivity contribution is -0.143. The number of carbonyl (C=O) groups excluding carboxylic acids is 3. The number of hydrogen-bond donors (Lipinski definition) is 1. The molecule has 0 saturated carbocycles. The molecule has 0 aliphatic heterocycles. The summed E-state index contributed by atoms with van der Waals surface area (Å²) in [6, 6.07) is 1.85. The van der Waals surface area contributed by atoms with Gasteiger partial charge in [-0.3, -0.25) is 14.4 Å². The lowest BCUT2D eigenvalue weighted by atomic mass is 10.1. The van der Waals surface area contributed by atoms with E-state index in [0.29, 0.717) is 11.3 Å². The first-order valence-corrected chi connectivity index (χ1v) is 9.02. The zero-order chi connectivity index (χ0) is 21.3. The van der Waals surface area contributed by atoms with Crippen molar-refractivity contribution in [2.24, 2.45) is 0 Å². The molecular formula is C17H20N2O8S. The molecule has 10 nitrogen and oxygen atoms in total. The molecule has 1 aromatic rings. The maximum Gasteiger partial charge on any atom is 0.346 e. The Balaban J connectivity index is 3.44. The van der Waals surface area contributed by atoms with Gasteiger partial charge in [0.25, 0.3) is 0 Å². The first-order valence-electron chi connectivity index (χ1n) is 8.20. The van der Waals surface area contributed by atoms with Crippen molar-refractivity contribution in [3.63, 3.8) is 0 Å². The Morgan fingerprint density at radius 1 is 1.07 bits per heavy atom. The van der Waals surface area contributed by atoms with E-state index in [1.807, 2.05) is 6.07 Å². The minimum absolute atomic E-state index is 0.0421. The van der Waals surface area contributed by atoms with Crippen molar-refractivity contribution in [1.82, 2.24) is 0 Å². The fourth-order valence-corrected chi connectivity index (χ4v) is 3.38. The van der Waals surface area contributed by atoms with Gasteiger partial charge >= 0.3 is 23.9 Å². The average Bonchev–Trinajstić information content (AvgIpc) is 2.99. The highest BCUT2D eigenvalue weighted by Crippen LogP contribution is 2.36. The second kappa shape index (κ2) is 10.9. The Morgan fingerprint density at radius 2 is 1.61 bits per heavy atom. The monoisotopic (exact) mass is 412 g/mol. The lowest BCUT2D eigenvalue weighted by Crippen LogP contribution is -2.36. The van der Waals surface area contributed by atoms with Crippen molar-refractivity contribution < 1.29 is 38.5 Å². The summed E-state index contributed by atoms with van der Waals surface area (Å²) in [5, 5.41) is 19.1. The number of methoxy groups -OCH3 is 1. The maximum atomic E-state index is 11.9. The van der Waals surface area contributed by atoms with E-state index >= 15 is 0 Å². The maximum absolute atomic E-state index is 11.9. The summed E-state index contributed by atoms with van der Waals surface area (Å²) in [5.74, 6) is -3.42. The standard InChI is InChI=1S/C17H20N2O8S/c1-4-26-13(21)8-19(9-14(22)27-5-2)16-11(7-18)10(6-12(20)25-3)15(28-16)17(23)24/h4-6,8-9H2,1-3H3,(H,23,24). The topological polar surface area (TPSA) is 143 Å². The lowest BCUT2D eigenvalue weighted by Gasteiger charge is -2.21. The SMILES string of the molecule is CCOC(=O)CN(CC(=O)OCC)c1sc(C(=O)O)c(CC(=O)OC)c1C#N. The van der Waals surface area contributed by atoms with Gasteiger partial charge in [-0.2, -0.15) is 5.26 Å². The molecule has 0 aliphatic rings. The number of carbonyl (C=O) groups is 4. The molecule has 0 aliphatic carbocycles. The molecule has 28 heavy (non-hydrogen) atoms. The van der Waals surface area contributed by atoms with E-state index in [0.717, 1.165) is 7.11 Å². The zero-order valence-corrected chi connectivity index (χ0v) is 16.5. The minimum atomic E-state index is -1.35. The summed E-state index contributed by atoms with van der Waals surface area (Å²) >= 11 is 0.680. The summed E-state index contributed by atoms with van der Waals surface area (Å²) in [4.78, 5) is 48.0. The van der Waals surface area contributed by atoms with Gasteiger partial charge in [0.2, 0.25) is 0 Å². The number of rotatable bonds is 10. The summed E-state index contributed by atoms with van der Waals surface area (Å²) in [7, 11) is 1.13. The molecule has 1 heterocycles. The summed E-state index contributed by atoms with van der Waals surface area (Å²) < 4.78 is 14.3. The van der Waals surface area contributed by atoms with Crippen LogP contribution in [0.2, 0.25) is 0 Å². The molecule has 1 rings (SSSR count). The first-order chi connectivity index (χ1) is 13.3. The largest absolute Gasteiger partial charge is 0.477 e. The van der Waals surface area contributed by atoms with Gasteiger partial charge in [-0.05, 0) is 13.8 Å². The van der Waals surface area contributed by atoms with Crippen molar-refractivity contribution in [1.29, 1.82) is 5.26 Å². The Hall–Kier alpha value is -3.13. The summed E-state index contributed by atoms with van der Waals surface area (Å²) in [6.07, 6.45) is -0.440. The molecule has 0 spiro atoms. The average molecular weight is 412 g/mol. The van der Waals surface area contributed by atoms with Crippen molar-refractivity contribution in [2.45, 2.75) is 20.3 Å². The molecule has 0 amide bonds. The van der Waals surface area contributed by atoms with E-state index in [9.17, 15) is 29.5 Å². The van der Waals surface area contributed by atoms with Crippen molar-refractivity contribution in [2.75, 3.05) is 38.3 Å². The van der Waals surface area contributed by atoms with Crippen LogP contribution in [0.3, 0.4) is 0 Å². The second-order valence-corrected chi connectivity index (χ2v) is 6.22. The molecule has 11 heteroatoms. The van der Waals surface area contributed by atoms with Crippen LogP contribution in [0.5, 0.6) is 0 Å². The van der Waals surface area contributed by atoms with Gasteiger partial charge in [0, 0.05) is 5.56 Å². The van der Waals surface area contributed by atoms with Gasteiger partial charge in [0.1, 0.15) is 29.0 Å². The number of esters is 3. The highest BCUT2D eigenvalue weighted by atomic mass is 32.1. The van der Waals surface area contributed by atoms with E-state index in [2.05, 4.69) is 4.74 Å². The van der Waals surface area contributed by atoms with Crippen LogP contribution >= 0.6 is 11.3 Å². The van der Waals surface area contributed by atoms with Gasteiger partial charge in [0.05, 0.1) is 32.3 Å².